The number of benzene rings is 2. The van der Waals surface area contributed by atoms with E-state index in [1.54, 1.807) is 6.26 Å². The summed E-state index contributed by atoms with van der Waals surface area (Å²) in [6, 6.07) is 19.8. The number of nitrogens with zero attached hydrogens (tertiary/aromatic N) is 1. The van der Waals surface area contributed by atoms with Crippen molar-refractivity contribution in [3.8, 4) is 0 Å². The molecule has 2 aliphatic heterocycles. The minimum Gasteiger partial charge on any atom is -0.472 e. The van der Waals surface area contributed by atoms with Crippen molar-refractivity contribution in [2.24, 2.45) is 5.73 Å². The molecule has 3 aromatic rings. The van der Waals surface area contributed by atoms with Crippen LogP contribution in [0.5, 0.6) is 0 Å². The van der Waals surface area contributed by atoms with Crippen LogP contribution in [0.1, 0.15) is 65.2 Å². The van der Waals surface area contributed by atoms with E-state index in [0.29, 0.717) is 30.7 Å². The van der Waals surface area contributed by atoms with Gasteiger partial charge in [-0.15, -0.1) is 0 Å². The van der Waals surface area contributed by atoms with Crippen LogP contribution in [0, 0.1) is 0 Å². The van der Waals surface area contributed by atoms with E-state index in [1.165, 1.54) is 40.7 Å². The second-order valence-corrected chi connectivity index (χ2v) is 9.42. The molecule has 2 atom stereocenters. The lowest BCUT2D eigenvalue weighted by Crippen LogP contribution is -2.40. The highest BCUT2D eigenvalue weighted by molar-refractivity contribution is 5.95. The molecule has 2 unspecified atom stereocenters. The average molecular weight is 456 g/mol. The monoisotopic (exact) mass is 455 g/mol. The SMILES string of the molecule is CCNC(=O)c1ccc(C(=C2CC3CCC(C2)N3Cc2ccoc2)c2cccc(CN)c2)cc1. The van der Waals surface area contributed by atoms with Gasteiger partial charge in [0.25, 0.3) is 5.91 Å². The molecule has 0 spiro atoms. The first-order valence-electron chi connectivity index (χ1n) is 12.3. The zero-order valence-corrected chi connectivity index (χ0v) is 19.8. The zero-order chi connectivity index (χ0) is 23.5. The molecule has 1 amide bonds. The first-order chi connectivity index (χ1) is 16.7. The maximum atomic E-state index is 12.3. The van der Waals surface area contributed by atoms with E-state index < -0.39 is 0 Å². The molecule has 3 N–H and O–H groups in total. The number of carbonyl (C=O) groups excluding carboxylic acids is 1. The number of hydrogen-bond acceptors (Lipinski definition) is 4. The number of furan rings is 1. The number of piperidine rings is 1. The summed E-state index contributed by atoms with van der Waals surface area (Å²) in [5.74, 6) is -0.0287. The third-order valence-electron chi connectivity index (χ3n) is 7.26. The third-order valence-corrected chi connectivity index (χ3v) is 7.26. The molecular weight excluding hydrogens is 422 g/mol. The minimum atomic E-state index is -0.0287. The largest absolute Gasteiger partial charge is 0.472 e. The molecule has 0 aliphatic carbocycles. The van der Waals surface area contributed by atoms with Crippen LogP contribution in [0.25, 0.3) is 5.57 Å². The molecule has 176 valence electrons. The lowest BCUT2D eigenvalue weighted by atomic mass is 9.85. The predicted octanol–water partition coefficient (Wildman–Crippen LogP) is 5.12. The number of nitrogens with two attached hydrogens (primary N) is 1. The molecule has 2 aromatic carbocycles. The van der Waals surface area contributed by atoms with Crippen LogP contribution in [0.2, 0.25) is 0 Å². The molecule has 3 heterocycles. The third kappa shape index (κ3) is 4.59. The molecule has 1 aromatic heterocycles. The molecular formula is C29H33N3O2. The van der Waals surface area contributed by atoms with Crippen LogP contribution in [0.15, 0.2) is 77.1 Å². The molecule has 2 fully saturated rings. The second kappa shape index (κ2) is 10.00. The standard InChI is InChI=1S/C29H33N3O2/c1-2-31-29(33)23-8-6-22(7-9-23)28(24-5-3-4-20(14-24)17-30)25-15-26-10-11-27(16-25)32(26)18-21-12-13-34-19-21/h3-9,12-14,19,26-27H,2,10-11,15-18,30H2,1H3,(H,31,33). The summed E-state index contributed by atoms with van der Waals surface area (Å²) in [4.78, 5) is 15.0. The van der Waals surface area contributed by atoms with Crippen LogP contribution < -0.4 is 11.1 Å². The number of carbonyl (C=O) groups is 1. The van der Waals surface area contributed by atoms with Crippen LogP contribution in [0.4, 0.5) is 0 Å². The number of fused-ring (bicyclic) bond motifs is 2. The molecule has 0 saturated carbocycles. The van der Waals surface area contributed by atoms with Crippen molar-refractivity contribution in [3.63, 3.8) is 0 Å². The van der Waals surface area contributed by atoms with Crippen LogP contribution >= 0.6 is 0 Å². The highest BCUT2D eigenvalue weighted by atomic mass is 16.3. The number of hydrogen-bond donors (Lipinski definition) is 2. The summed E-state index contributed by atoms with van der Waals surface area (Å²) in [5, 5.41) is 2.89. The Labute approximate surface area is 201 Å². The smallest absolute Gasteiger partial charge is 0.251 e. The van der Waals surface area contributed by atoms with Gasteiger partial charge in [-0.25, -0.2) is 0 Å². The molecule has 5 heteroatoms. The Morgan fingerprint density at radius 1 is 1.00 bits per heavy atom. The summed E-state index contributed by atoms with van der Waals surface area (Å²) in [5.41, 5.74) is 14.3. The van der Waals surface area contributed by atoms with Crippen LogP contribution in [0.3, 0.4) is 0 Å². The lowest BCUT2D eigenvalue weighted by molar-refractivity contribution is 0.0956. The summed E-state index contributed by atoms with van der Waals surface area (Å²) < 4.78 is 5.31. The Kier molecular flexibility index (Phi) is 6.66. The van der Waals surface area contributed by atoms with Gasteiger partial charge in [0, 0.05) is 42.8 Å². The van der Waals surface area contributed by atoms with Gasteiger partial charge in [0.2, 0.25) is 0 Å². The normalized spacial score (nSPS) is 19.9. The Hall–Kier alpha value is -3.15. The fourth-order valence-electron chi connectivity index (χ4n) is 5.64. The maximum absolute atomic E-state index is 12.3. The number of rotatable bonds is 7. The predicted molar refractivity (Wildman–Crippen MR) is 135 cm³/mol. The van der Waals surface area contributed by atoms with Gasteiger partial charge < -0.3 is 15.5 Å². The molecule has 5 rings (SSSR count). The molecule has 2 aliphatic rings. The first kappa shape index (κ1) is 22.6. The van der Waals surface area contributed by atoms with Gasteiger partial charge in [0.1, 0.15) is 0 Å². The van der Waals surface area contributed by atoms with Crippen LogP contribution in [-0.4, -0.2) is 29.4 Å². The van der Waals surface area contributed by atoms with E-state index in [1.807, 2.05) is 25.3 Å². The van der Waals surface area contributed by atoms with Gasteiger partial charge in [-0.3, -0.25) is 9.69 Å². The van der Waals surface area contributed by atoms with E-state index in [4.69, 9.17) is 10.2 Å². The van der Waals surface area contributed by atoms with Crippen LogP contribution in [-0.2, 0) is 13.1 Å². The van der Waals surface area contributed by atoms with Gasteiger partial charge in [0.15, 0.2) is 0 Å². The summed E-state index contributed by atoms with van der Waals surface area (Å²) >= 11 is 0. The maximum Gasteiger partial charge on any atom is 0.251 e. The fourth-order valence-corrected chi connectivity index (χ4v) is 5.64. The second-order valence-electron chi connectivity index (χ2n) is 9.42. The van der Waals surface area contributed by atoms with Gasteiger partial charge in [-0.2, -0.15) is 0 Å². The highest BCUT2D eigenvalue weighted by Gasteiger charge is 2.39. The summed E-state index contributed by atoms with van der Waals surface area (Å²) in [6.45, 7) is 4.04. The van der Waals surface area contributed by atoms with E-state index in [0.717, 1.165) is 24.9 Å². The van der Waals surface area contributed by atoms with Gasteiger partial charge >= 0.3 is 0 Å². The number of amides is 1. The van der Waals surface area contributed by atoms with Crippen molar-refractivity contribution < 1.29 is 9.21 Å². The quantitative estimate of drug-likeness (QED) is 0.519. The van der Waals surface area contributed by atoms with E-state index in [2.05, 4.69) is 52.7 Å². The Morgan fingerprint density at radius 2 is 1.74 bits per heavy atom. The molecule has 5 nitrogen and oxygen atoms in total. The van der Waals surface area contributed by atoms with Gasteiger partial charge in [0.05, 0.1) is 12.5 Å². The summed E-state index contributed by atoms with van der Waals surface area (Å²) in [7, 11) is 0. The minimum absolute atomic E-state index is 0.0287. The van der Waals surface area contributed by atoms with Crippen molar-refractivity contribution in [2.75, 3.05) is 6.54 Å². The van der Waals surface area contributed by atoms with Crippen molar-refractivity contribution in [2.45, 2.75) is 57.8 Å². The van der Waals surface area contributed by atoms with Gasteiger partial charge in [-0.05, 0) is 79.1 Å². The van der Waals surface area contributed by atoms with Crippen molar-refractivity contribution >= 4 is 11.5 Å². The number of nitrogens with one attached hydrogen (secondary N) is 1. The van der Waals surface area contributed by atoms with Crippen molar-refractivity contribution in [1.82, 2.24) is 10.2 Å². The van der Waals surface area contributed by atoms with E-state index in [9.17, 15) is 4.79 Å². The Bertz CT molecular complexity index is 1150. The Morgan fingerprint density at radius 3 is 2.38 bits per heavy atom. The van der Waals surface area contributed by atoms with E-state index in [-0.39, 0.29) is 5.91 Å². The fraction of sp³-hybridized carbons (Fsp3) is 0.345. The molecule has 2 saturated heterocycles. The van der Waals surface area contributed by atoms with Gasteiger partial charge in [-0.1, -0.05) is 35.9 Å². The Balaban J connectivity index is 1.51. The molecule has 34 heavy (non-hydrogen) atoms. The average Bonchev–Trinajstić information content (AvgIpc) is 3.45. The first-order valence-corrected chi connectivity index (χ1v) is 12.3. The zero-order valence-electron chi connectivity index (χ0n) is 19.8. The lowest BCUT2D eigenvalue weighted by Gasteiger charge is -2.37. The summed E-state index contributed by atoms with van der Waals surface area (Å²) in [6.07, 6.45) is 8.23. The van der Waals surface area contributed by atoms with E-state index >= 15 is 0 Å². The van der Waals surface area contributed by atoms with Crippen molar-refractivity contribution in [1.29, 1.82) is 0 Å². The highest BCUT2D eigenvalue weighted by Crippen LogP contribution is 2.43. The topological polar surface area (TPSA) is 71.5 Å². The molecule has 2 bridgehead atoms. The molecule has 0 radical (unpaired) electrons. The van der Waals surface area contributed by atoms with Crippen molar-refractivity contribution in [3.05, 3.63) is 101 Å².